The van der Waals surface area contributed by atoms with Crippen molar-refractivity contribution in [2.75, 3.05) is 5.32 Å². The van der Waals surface area contributed by atoms with Crippen molar-refractivity contribution in [3.63, 3.8) is 0 Å². The summed E-state index contributed by atoms with van der Waals surface area (Å²) >= 11 is 1.41. The smallest absolute Gasteiger partial charge is 0.258 e. The van der Waals surface area contributed by atoms with Crippen molar-refractivity contribution in [1.29, 1.82) is 0 Å². The zero-order chi connectivity index (χ0) is 18.3. The minimum absolute atomic E-state index is 0.203. The van der Waals surface area contributed by atoms with E-state index < -0.39 is 0 Å². The van der Waals surface area contributed by atoms with Crippen LogP contribution in [-0.2, 0) is 7.05 Å². The van der Waals surface area contributed by atoms with Gasteiger partial charge in [0, 0.05) is 23.7 Å². The summed E-state index contributed by atoms with van der Waals surface area (Å²) in [5, 5.41) is 10.6. The van der Waals surface area contributed by atoms with Gasteiger partial charge in [-0.2, -0.15) is 5.10 Å². The highest BCUT2D eigenvalue weighted by atomic mass is 32.1. The number of rotatable bonds is 3. The van der Waals surface area contributed by atoms with Crippen molar-refractivity contribution in [3.8, 4) is 11.3 Å². The first-order chi connectivity index (χ1) is 12.5. The lowest BCUT2D eigenvalue weighted by atomic mass is 10.1. The average Bonchev–Trinajstić information content (AvgIpc) is 3.20. The molecule has 3 heterocycles. The van der Waals surface area contributed by atoms with E-state index in [2.05, 4.69) is 20.4 Å². The molecule has 4 aromatic rings. The molecule has 130 valence electrons. The summed E-state index contributed by atoms with van der Waals surface area (Å²) in [5.74, 6) is -0.203. The number of nitrogens with zero attached hydrogens (tertiary/aromatic N) is 4. The number of pyridine rings is 1. The molecular formula is C19H17N5OS. The second-order valence-corrected chi connectivity index (χ2v) is 6.93. The number of fused-ring (bicyclic) bond motifs is 1. The zero-order valence-electron chi connectivity index (χ0n) is 14.6. The standard InChI is InChI=1S/C19H17N5OS/c1-11-9-14(16-12(2)23-24(3)17(16)20-11)18(25)22-19-21-15(10-26-19)13-7-5-4-6-8-13/h4-10H,1-3H3,(H,21,22,25). The summed E-state index contributed by atoms with van der Waals surface area (Å²) in [7, 11) is 1.83. The molecular weight excluding hydrogens is 346 g/mol. The monoisotopic (exact) mass is 363 g/mol. The molecule has 0 radical (unpaired) electrons. The third-order valence-electron chi connectivity index (χ3n) is 4.14. The molecule has 0 bridgehead atoms. The molecule has 0 aliphatic heterocycles. The van der Waals surface area contributed by atoms with Crippen LogP contribution in [0.5, 0.6) is 0 Å². The van der Waals surface area contributed by atoms with Crippen molar-refractivity contribution in [2.24, 2.45) is 7.05 Å². The summed E-state index contributed by atoms with van der Waals surface area (Å²) in [6.45, 7) is 3.75. The van der Waals surface area contributed by atoms with Gasteiger partial charge in [0.2, 0.25) is 0 Å². The van der Waals surface area contributed by atoms with Crippen molar-refractivity contribution < 1.29 is 4.79 Å². The molecule has 0 aliphatic rings. The fraction of sp³-hybridized carbons (Fsp3) is 0.158. The van der Waals surface area contributed by atoms with E-state index in [1.165, 1.54) is 11.3 Å². The predicted octanol–water partition coefficient (Wildman–Crippen LogP) is 3.96. The van der Waals surface area contributed by atoms with E-state index in [4.69, 9.17) is 0 Å². The quantitative estimate of drug-likeness (QED) is 0.598. The van der Waals surface area contributed by atoms with Gasteiger partial charge in [0.05, 0.1) is 22.3 Å². The van der Waals surface area contributed by atoms with Crippen LogP contribution in [0.3, 0.4) is 0 Å². The van der Waals surface area contributed by atoms with Crippen LogP contribution >= 0.6 is 11.3 Å². The van der Waals surface area contributed by atoms with Gasteiger partial charge in [-0.1, -0.05) is 30.3 Å². The Hall–Kier alpha value is -3.06. The van der Waals surface area contributed by atoms with Gasteiger partial charge in [-0.15, -0.1) is 11.3 Å². The molecule has 0 atom stereocenters. The van der Waals surface area contributed by atoms with Gasteiger partial charge in [-0.05, 0) is 19.9 Å². The largest absolute Gasteiger partial charge is 0.298 e. The highest BCUT2D eigenvalue weighted by Gasteiger charge is 2.18. The molecule has 1 N–H and O–H groups in total. The Morgan fingerprint density at radius 3 is 2.69 bits per heavy atom. The van der Waals surface area contributed by atoms with E-state index in [0.29, 0.717) is 16.3 Å². The van der Waals surface area contributed by atoms with Crippen LogP contribution in [0.15, 0.2) is 41.8 Å². The first-order valence-corrected chi connectivity index (χ1v) is 9.04. The van der Waals surface area contributed by atoms with E-state index >= 15 is 0 Å². The Kier molecular flexibility index (Phi) is 4.00. The average molecular weight is 363 g/mol. The van der Waals surface area contributed by atoms with Crippen LogP contribution in [0.25, 0.3) is 22.3 Å². The zero-order valence-corrected chi connectivity index (χ0v) is 15.5. The number of aromatic nitrogens is 4. The summed E-state index contributed by atoms with van der Waals surface area (Å²) < 4.78 is 1.70. The molecule has 0 unspecified atom stereocenters. The van der Waals surface area contributed by atoms with E-state index in [-0.39, 0.29) is 5.91 Å². The maximum atomic E-state index is 12.9. The number of hydrogen-bond donors (Lipinski definition) is 1. The van der Waals surface area contributed by atoms with Crippen LogP contribution < -0.4 is 5.32 Å². The minimum atomic E-state index is -0.203. The molecule has 0 saturated carbocycles. The maximum Gasteiger partial charge on any atom is 0.258 e. The molecule has 0 spiro atoms. The number of carbonyl (C=O) groups is 1. The lowest BCUT2D eigenvalue weighted by molar-refractivity contribution is 0.102. The Bertz CT molecular complexity index is 1110. The lowest BCUT2D eigenvalue weighted by Gasteiger charge is -2.05. The highest BCUT2D eigenvalue weighted by molar-refractivity contribution is 7.14. The molecule has 6 nitrogen and oxygen atoms in total. The lowest BCUT2D eigenvalue weighted by Crippen LogP contribution is -2.13. The van der Waals surface area contributed by atoms with Crippen molar-refractivity contribution in [1.82, 2.24) is 19.7 Å². The molecule has 0 aliphatic carbocycles. The number of carbonyl (C=O) groups excluding carboxylic acids is 1. The number of anilines is 1. The molecule has 3 aromatic heterocycles. The van der Waals surface area contributed by atoms with Gasteiger partial charge in [0.25, 0.3) is 5.91 Å². The van der Waals surface area contributed by atoms with Crippen molar-refractivity contribution >= 4 is 33.4 Å². The minimum Gasteiger partial charge on any atom is -0.298 e. The summed E-state index contributed by atoms with van der Waals surface area (Å²) in [5.41, 5.74) is 4.69. The number of aryl methyl sites for hydroxylation is 3. The molecule has 0 fully saturated rings. The topological polar surface area (TPSA) is 72.7 Å². The number of benzene rings is 1. The van der Waals surface area contributed by atoms with Crippen LogP contribution in [0.4, 0.5) is 5.13 Å². The van der Waals surface area contributed by atoms with Gasteiger partial charge in [0.1, 0.15) is 0 Å². The number of thiazole rings is 1. The summed E-state index contributed by atoms with van der Waals surface area (Å²) in [4.78, 5) is 21.9. The van der Waals surface area contributed by atoms with E-state index in [9.17, 15) is 4.79 Å². The second kappa shape index (κ2) is 6.34. The number of hydrogen-bond acceptors (Lipinski definition) is 5. The number of amides is 1. The SMILES string of the molecule is Cc1cc(C(=O)Nc2nc(-c3ccccc3)cs2)c2c(C)nn(C)c2n1. The third-order valence-corrected chi connectivity index (χ3v) is 4.89. The molecule has 1 aromatic carbocycles. The first-order valence-electron chi connectivity index (χ1n) is 8.16. The summed E-state index contributed by atoms with van der Waals surface area (Å²) in [6.07, 6.45) is 0. The first kappa shape index (κ1) is 16.4. The van der Waals surface area contributed by atoms with Gasteiger partial charge >= 0.3 is 0 Å². The molecule has 0 saturated heterocycles. The normalized spacial score (nSPS) is 11.0. The molecule has 1 amide bonds. The van der Waals surface area contributed by atoms with E-state index in [1.54, 1.807) is 10.7 Å². The molecule has 7 heteroatoms. The van der Waals surface area contributed by atoms with Gasteiger partial charge in [-0.3, -0.25) is 14.8 Å². The molecule has 26 heavy (non-hydrogen) atoms. The van der Waals surface area contributed by atoms with Gasteiger partial charge in [0.15, 0.2) is 10.8 Å². The fourth-order valence-corrected chi connectivity index (χ4v) is 3.70. The highest BCUT2D eigenvalue weighted by Crippen LogP contribution is 2.26. The maximum absolute atomic E-state index is 12.9. The number of nitrogens with one attached hydrogen (secondary N) is 1. The van der Waals surface area contributed by atoms with Crippen LogP contribution in [0.1, 0.15) is 21.7 Å². The molecule has 4 rings (SSSR count). The van der Waals surface area contributed by atoms with E-state index in [1.807, 2.05) is 56.6 Å². The van der Waals surface area contributed by atoms with Gasteiger partial charge < -0.3 is 0 Å². The fourth-order valence-electron chi connectivity index (χ4n) is 2.99. The third kappa shape index (κ3) is 2.86. The Labute approximate surface area is 154 Å². The van der Waals surface area contributed by atoms with Crippen LogP contribution in [0.2, 0.25) is 0 Å². The van der Waals surface area contributed by atoms with Crippen molar-refractivity contribution in [2.45, 2.75) is 13.8 Å². The van der Waals surface area contributed by atoms with E-state index in [0.717, 1.165) is 28.0 Å². The van der Waals surface area contributed by atoms with Crippen molar-refractivity contribution in [3.05, 3.63) is 58.7 Å². The van der Waals surface area contributed by atoms with Crippen LogP contribution in [-0.4, -0.2) is 25.7 Å². The van der Waals surface area contributed by atoms with Crippen LogP contribution in [0, 0.1) is 13.8 Å². The predicted molar refractivity (Wildman–Crippen MR) is 103 cm³/mol. The summed E-state index contributed by atoms with van der Waals surface area (Å²) in [6, 6.07) is 11.7. The Balaban J connectivity index is 1.68. The van der Waals surface area contributed by atoms with Gasteiger partial charge in [-0.25, -0.2) is 9.97 Å². The Morgan fingerprint density at radius 2 is 1.92 bits per heavy atom. The Morgan fingerprint density at radius 1 is 1.15 bits per heavy atom. The second-order valence-electron chi connectivity index (χ2n) is 6.08.